The predicted molar refractivity (Wildman–Crippen MR) is 77.2 cm³/mol. The van der Waals surface area contributed by atoms with E-state index in [2.05, 4.69) is 5.32 Å². The molecule has 1 amide bonds. The molecular formula is C14H18FNO4S. The van der Waals surface area contributed by atoms with Crippen LogP contribution in [0.15, 0.2) is 12.1 Å². The highest BCUT2D eigenvalue weighted by atomic mass is 32.2. The van der Waals surface area contributed by atoms with Gasteiger partial charge in [-0.2, -0.15) is 0 Å². The van der Waals surface area contributed by atoms with Crippen LogP contribution < -0.4 is 5.32 Å². The van der Waals surface area contributed by atoms with Gasteiger partial charge in [-0.1, -0.05) is 0 Å². The molecule has 0 aromatic heterocycles. The molecule has 0 bridgehead atoms. The summed E-state index contributed by atoms with van der Waals surface area (Å²) in [5.41, 5.74) is 0.992. The number of anilines is 1. The van der Waals surface area contributed by atoms with Gasteiger partial charge in [0.1, 0.15) is 11.9 Å². The normalized spacial score (nSPS) is 17.1. The number of amides is 1. The highest BCUT2D eigenvalue weighted by Crippen LogP contribution is 2.36. The van der Waals surface area contributed by atoms with Gasteiger partial charge in [0.25, 0.3) is 0 Å². The van der Waals surface area contributed by atoms with Gasteiger partial charge in [-0.05, 0) is 38.0 Å². The number of aryl methyl sites for hydroxylation is 1. The molecule has 0 fully saturated rings. The topological polar surface area (TPSA) is 83.5 Å². The molecule has 1 aliphatic rings. The van der Waals surface area contributed by atoms with Crippen LogP contribution in [0, 0.1) is 5.82 Å². The van der Waals surface area contributed by atoms with Crippen LogP contribution in [-0.4, -0.2) is 30.4 Å². The number of hydrogen-bond donors (Lipinski definition) is 2. The fourth-order valence-electron chi connectivity index (χ4n) is 2.21. The highest BCUT2D eigenvalue weighted by molar-refractivity contribution is 7.92. The van der Waals surface area contributed by atoms with Crippen LogP contribution in [0.5, 0.6) is 0 Å². The summed E-state index contributed by atoms with van der Waals surface area (Å²) in [6.45, 7) is 2.71. The fraction of sp³-hybridized carbons (Fsp3) is 0.500. The van der Waals surface area contributed by atoms with Gasteiger partial charge in [0.05, 0.1) is 4.75 Å². The molecule has 1 heterocycles. The van der Waals surface area contributed by atoms with Crippen LogP contribution in [-0.2, 0) is 21.1 Å². The third-order valence-electron chi connectivity index (χ3n) is 4.03. The van der Waals surface area contributed by atoms with E-state index in [1.165, 1.54) is 19.9 Å². The van der Waals surface area contributed by atoms with Crippen LogP contribution in [0.25, 0.3) is 0 Å². The summed E-state index contributed by atoms with van der Waals surface area (Å²) in [4.78, 5) is 11.3. The highest BCUT2D eigenvalue weighted by Gasteiger charge is 2.40. The minimum absolute atomic E-state index is 0.0691. The number of hydrogen-bond acceptors (Lipinski definition) is 4. The Kier molecular flexibility index (Phi) is 3.84. The van der Waals surface area contributed by atoms with Crippen molar-refractivity contribution >= 4 is 21.4 Å². The zero-order valence-corrected chi connectivity index (χ0v) is 12.9. The second-order valence-electron chi connectivity index (χ2n) is 5.86. The summed E-state index contributed by atoms with van der Waals surface area (Å²) < 4.78 is 36.2. The van der Waals surface area contributed by atoms with Crippen LogP contribution >= 0.6 is 0 Å². The smallest absolute Gasteiger partial charge is 0.224 e. The van der Waals surface area contributed by atoms with Gasteiger partial charge < -0.3 is 10.4 Å². The van der Waals surface area contributed by atoms with Crippen LogP contribution in [0.1, 0.15) is 37.5 Å². The monoisotopic (exact) mass is 315 g/mol. The summed E-state index contributed by atoms with van der Waals surface area (Å²) in [6, 6.07) is 2.56. The van der Waals surface area contributed by atoms with Crippen molar-refractivity contribution in [1.82, 2.24) is 0 Å². The van der Waals surface area contributed by atoms with Gasteiger partial charge in [0.2, 0.25) is 5.91 Å². The summed E-state index contributed by atoms with van der Waals surface area (Å²) >= 11 is 0. The molecule has 21 heavy (non-hydrogen) atoms. The van der Waals surface area contributed by atoms with Crippen LogP contribution in [0.4, 0.5) is 10.1 Å². The Bertz CT molecular complexity index is 697. The van der Waals surface area contributed by atoms with Gasteiger partial charge in [0, 0.05) is 23.9 Å². The molecule has 0 saturated heterocycles. The zero-order chi connectivity index (χ0) is 16.0. The zero-order valence-electron chi connectivity index (χ0n) is 12.1. The lowest BCUT2D eigenvalue weighted by Crippen LogP contribution is -2.38. The molecule has 0 saturated carbocycles. The van der Waals surface area contributed by atoms with Crippen molar-refractivity contribution in [2.45, 2.75) is 37.5 Å². The van der Waals surface area contributed by atoms with Crippen molar-refractivity contribution in [3.8, 4) is 0 Å². The third kappa shape index (κ3) is 2.80. The molecule has 116 valence electrons. The average molecular weight is 315 g/mol. The first-order valence-electron chi connectivity index (χ1n) is 6.54. The standard InChI is InChI=1S/C14H18FNO4S/c1-14(2,21(3,19)20)13(18)9-6-8-4-5-12(17)16-11(8)7-10(9)15/h6-7,13,18H,4-5H2,1-3H3,(H,16,17). The number of carbonyl (C=O) groups excluding carboxylic acids is 1. The Morgan fingerprint density at radius 2 is 1.95 bits per heavy atom. The number of carbonyl (C=O) groups is 1. The Morgan fingerprint density at radius 1 is 1.33 bits per heavy atom. The third-order valence-corrected chi connectivity index (χ3v) is 6.16. The van der Waals surface area contributed by atoms with E-state index >= 15 is 0 Å². The molecule has 0 radical (unpaired) electrons. The van der Waals surface area contributed by atoms with E-state index in [1.807, 2.05) is 0 Å². The average Bonchev–Trinajstić information content (AvgIpc) is 2.35. The predicted octanol–water partition coefficient (Wildman–Crippen LogP) is 1.57. The summed E-state index contributed by atoms with van der Waals surface area (Å²) in [5.74, 6) is -0.924. The number of halogens is 1. The molecule has 1 atom stereocenters. The second-order valence-corrected chi connectivity index (χ2v) is 8.45. The molecule has 2 rings (SSSR count). The fourth-order valence-corrected chi connectivity index (χ4v) is 2.74. The number of aliphatic hydroxyl groups is 1. The lowest BCUT2D eigenvalue weighted by Gasteiger charge is -2.30. The summed E-state index contributed by atoms with van der Waals surface area (Å²) in [6.07, 6.45) is 0.229. The van der Waals surface area contributed by atoms with Crippen molar-refractivity contribution in [3.63, 3.8) is 0 Å². The number of fused-ring (bicyclic) bond motifs is 1. The Hall–Kier alpha value is -1.47. The van der Waals surface area contributed by atoms with Crippen LogP contribution in [0.2, 0.25) is 0 Å². The molecule has 5 nitrogen and oxygen atoms in total. The Labute approximate surface area is 123 Å². The Balaban J connectivity index is 2.48. The molecule has 0 spiro atoms. The van der Waals surface area contributed by atoms with Crippen molar-refractivity contribution in [3.05, 3.63) is 29.1 Å². The minimum Gasteiger partial charge on any atom is -0.387 e. The second kappa shape index (κ2) is 5.06. The maximum absolute atomic E-state index is 14.2. The van der Waals surface area contributed by atoms with Crippen LogP contribution in [0.3, 0.4) is 0 Å². The molecule has 2 N–H and O–H groups in total. The van der Waals surface area contributed by atoms with E-state index in [1.54, 1.807) is 0 Å². The maximum Gasteiger partial charge on any atom is 0.224 e. The van der Waals surface area contributed by atoms with E-state index in [0.717, 1.165) is 12.3 Å². The molecule has 7 heteroatoms. The Morgan fingerprint density at radius 3 is 2.52 bits per heavy atom. The molecule has 1 aromatic rings. The van der Waals surface area contributed by atoms with E-state index in [-0.39, 0.29) is 17.9 Å². The number of sulfone groups is 1. The van der Waals surface area contributed by atoms with Gasteiger partial charge in [-0.15, -0.1) is 0 Å². The first-order chi connectivity index (χ1) is 9.54. The van der Waals surface area contributed by atoms with Crippen molar-refractivity contribution < 1.29 is 22.7 Å². The van der Waals surface area contributed by atoms with E-state index < -0.39 is 26.5 Å². The molecule has 1 aliphatic heterocycles. The van der Waals surface area contributed by atoms with E-state index in [4.69, 9.17) is 0 Å². The molecular weight excluding hydrogens is 297 g/mol. The SMILES string of the molecule is CC(C)(C(O)c1cc2c(cc1F)NC(=O)CC2)S(C)(=O)=O. The first-order valence-corrected chi connectivity index (χ1v) is 8.43. The molecule has 1 unspecified atom stereocenters. The number of rotatable bonds is 3. The van der Waals surface area contributed by atoms with Gasteiger partial charge >= 0.3 is 0 Å². The summed E-state index contributed by atoms with van der Waals surface area (Å²) in [7, 11) is -3.58. The van der Waals surface area contributed by atoms with Gasteiger partial charge in [-0.3, -0.25) is 4.79 Å². The van der Waals surface area contributed by atoms with Crippen molar-refractivity contribution in [1.29, 1.82) is 0 Å². The van der Waals surface area contributed by atoms with E-state index in [9.17, 15) is 22.7 Å². The maximum atomic E-state index is 14.2. The molecule has 1 aromatic carbocycles. The van der Waals surface area contributed by atoms with Crippen molar-refractivity contribution in [2.24, 2.45) is 0 Å². The minimum atomic E-state index is -3.58. The van der Waals surface area contributed by atoms with Gasteiger partial charge in [-0.25, -0.2) is 12.8 Å². The number of aliphatic hydroxyl groups excluding tert-OH is 1. The summed E-state index contributed by atoms with van der Waals surface area (Å²) in [5, 5.41) is 12.9. The quantitative estimate of drug-likeness (QED) is 0.887. The lowest BCUT2D eigenvalue weighted by molar-refractivity contribution is -0.116. The largest absolute Gasteiger partial charge is 0.387 e. The first kappa shape index (κ1) is 15.9. The van der Waals surface area contributed by atoms with E-state index in [0.29, 0.717) is 17.7 Å². The number of benzene rings is 1. The van der Waals surface area contributed by atoms with Gasteiger partial charge in [0.15, 0.2) is 9.84 Å². The molecule has 0 aliphatic carbocycles. The lowest BCUT2D eigenvalue weighted by atomic mass is 9.93. The number of nitrogens with one attached hydrogen (secondary N) is 1. The van der Waals surface area contributed by atoms with Crippen molar-refractivity contribution in [2.75, 3.05) is 11.6 Å².